The molecule has 1 saturated heterocycles. The molecule has 29 heavy (non-hydrogen) atoms. The van der Waals surface area contributed by atoms with Gasteiger partial charge in [0.1, 0.15) is 17.6 Å². The van der Waals surface area contributed by atoms with Gasteiger partial charge in [-0.15, -0.1) is 0 Å². The van der Waals surface area contributed by atoms with Gasteiger partial charge in [0.2, 0.25) is 12.7 Å². The van der Waals surface area contributed by atoms with Crippen molar-refractivity contribution in [2.24, 2.45) is 0 Å². The Balaban J connectivity index is 1.49. The molecule has 0 radical (unpaired) electrons. The normalized spacial score (nSPS) is 24.8. The Morgan fingerprint density at radius 1 is 1.24 bits per heavy atom. The number of amides is 4. The van der Waals surface area contributed by atoms with Gasteiger partial charge in [-0.1, -0.05) is 25.3 Å². The van der Waals surface area contributed by atoms with Crippen LogP contribution in [0.5, 0.6) is 11.5 Å². The highest BCUT2D eigenvalue weighted by atomic mass is 16.7. The van der Waals surface area contributed by atoms with E-state index in [2.05, 4.69) is 16.7 Å². The number of urea groups is 1. The van der Waals surface area contributed by atoms with Crippen LogP contribution in [-0.2, 0) is 15.1 Å². The second-order valence-corrected chi connectivity index (χ2v) is 7.82. The quantitative estimate of drug-likeness (QED) is 0.742. The summed E-state index contributed by atoms with van der Waals surface area (Å²) in [6.07, 6.45) is 3.90. The third-order valence-electron chi connectivity index (χ3n) is 5.83. The van der Waals surface area contributed by atoms with Crippen molar-refractivity contribution in [2.75, 3.05) is 13.3 Å². The number of ether oxygens (including phenoxy) is 2. The van der Waals surface area contributed by atoms with Crippen molar-refractivity contribution in [1.82, 2.24) is 15.5 Å². The van der Waals surface area contributed by atoms with Crippen LogP contribution in [0.2, 0.25) is 0 Å². The SMILES string of the molecule is C[C@]1(c2ccc3c(c2)OCO3)NC(=O)N(CC(=O)NC2(C#N)CCCCC2)C1=O. The van der Waals surface area contributed by atoms with Gasteiger partial charge in [-0.25, -0.2) is 4.79 Å². The number of carbonyl (C=O) groups excluding carboxylic acids is 3. The van der Waals surface area contributed by atoms with E-state index in [4.69, 9.17) is 9.47 Å². The van der Waals surface area contributed by atoms with Crippen LogP contribution in [-0.4, -0.2) is 41.6 Å². The average molecular weight is 398 g/mol. The summed E-state index contributed by atoms with van der Waals surface area (Å²) < 4.78 is 10.6. The monoisotopic (exact) mass is 398 g/mol. The zero-order chi connectivity index (χ0) is 20.6. The maximum atomic E-state index is 13.0. The highest BCUT2D eigenvalue weighted by Gasteiger charge is 2.50. The summed E-state index contributed by atoms with van der Waals surface area (Å²) in [6, 6.07) is 6.56. The van der Waals surface area contributed by atoms with Crippen LogP contribution in [0.3, 0.4) is 0 Å². The molecule has 2 aliphatic heterocycles. The topological polar surface area (TPSA) is 121 Å². The fourth-order valence-electron chi connectivity index (χ4n) is 4.11. The van der Waals surface area contributed by atoms with Gasteiger partial charge >= 0.3 is 6.03 Å². The molecule has 152 valence electrons. The molecule has 1 aromatic carbocycles. The van der Waals surface area contributed by atoms with Gasteiger partial charge in [0.25, 0.3) is 5.91 Å². The number of imide groups is 1. The van der Waals surface area contributed by atoms with E-state index in [9.17, 15) is 19.6 Å². The van der Waals surface area contributed by atoms with Gasteiger partial charge in [-0.05, 0) is 37.5 Å². The number of fused-ring (bicyclic) bond motifs is 1. The summed E-state index contributed by atoms with van der Waals surface area (Å²) in [7, 11) is 0. The summed E-state index contributed by atoms with van der Waals surface area (Å²) >= 11 is 0. The molecule has 4 amide bonds. The van der Waals surface area contributed by atoms with Crippen LogP contribution in [0.4, 0.5) is 4.79 Å². The Bertz CT molecular complexity index is 918. The van der Waals surface area contributed by atoms with Crippen molar-refractivity contribution in [1.29, 1.82) is 5.26 Å². The fourth-order valence-corrected chi connectivity index (χ4v) is 4.11. The lowest BCUT2D eigenvalue weighted by Crippen LogP contribution is -2.52. The van der Waals surface area contributed by atoms with Gasteiger partial charge in [-0.2, -0.15) is 5.26 Å². The minimum Gasteiger partial charge on any atom is -0.454 e. The molecule has 2 fully saturated rings. The number of carbonyl (C=O) groups is 3. The van der Waals surface area contributed by atoms with Gasteiger partial charge in [0.05, 0.1) is 6.07 Å². The van der Waals surface area contributed by atoms with E-state index in [1.165, 1.54) is 0 Å². The van der Waals surface area contributed by atoms with Crippen LogP contribution in [0.1, 0.15) is 44.6 Å². The standard InChI is InChI=1S/C20H22N4O5/c1-19(13-5-6-14-15(9-13)29-12-28-14)17(26)24(18(27)23-19)10-16(25)22-20(11-21)7-3-2-4-8-20/h5-6,9H,2-4,7-8,10,12H2,1H3,(H,22,25)(H,23,27)/t19-/m1/s1. The van der Waals surface area contributed by atoms with E-state index >= 15 is 0 Å². The number of rotatable bonds is 4. The molecule has 9 heteroatoms. The zero-order valence-corrected chi connectivity index (χ0v) is 16.1. The molecular formula is C20H22N4O5. The van der Waals surface area contributed by atoms with Crippen LogP contribution in [0, 0.1) is 11.3 Å². The van der Waals surface area contributed by atoms with Crippen LogP contribution < -0.4 is 20.1 Å². The molecule has 2 heterocycles. The molecule has 1 aromatic rings. The first-order valence-corrected chi connectivity index (χ1v) is 9.63. The Morgan fingerprint density at radius 2 is 1.97 bits per heavy atom. The van der Waals surface area contributed by atoms with Crippen molar-refractivity contribution in [3.8, 4) is 17.6 Å². The van der Waals surface area contributed by atoms with Crippen LogP contribution in [0.25, 0.3) is 0 Å². The summed E-state index contributed by atoms with van der Waals surface area (Å²) in [6.45, 7) is 1.25. The molecule has 1 atom stereocenters. The van der Waals surface area contributed by atoms with E-state index in [1.807, 2.05) is 0 Å². The lowest BCUT2D eigenvalue weighted by atomic mass is 9.83. The largest absolute Gasteiger partial charge is 0.454 e. The Kier molecular flexibility index (Phi) is 4.57. The minimum absolute atomic E-state index is 0.0999. The van der Waals surface area contributed by atoms with Crippen molar-refractivity contribution in [2.45, 2.75) is 50.1 Å². The van der Waals surface area contributed by atoms with E-state index < -0.39 is 35.5 Å². The van der Waals surface area contributed by atoms with Crippen molar-refractivity contribution in [3.63, 3.8) is 0 Å². The molecule has 9 nitrogen and oxygen atoms in total. The Hall–Kier alpha value is -3.28. The molecule has 0 bridgehead atoms. The molecular weight excluding hydrogens is 376 g/mol. The van der Waals surface area contributed by atoms with Gasteiger partial charge in [0.15, 0.2) is 11.5 Å². The molecule has 1 saturated carbocycles. The fraction of sp³-hybridized carbons (Fsp3) is 0.500. The third-order valence-corrected chi connectivity index (χ3v) is 5.83. The number of nitrogens with zero attached hydrogens (tertiary/aromatic N) is 2. The maximum absolute atomic E-state index is 13.0. The van der Waals surface area contributed by atoms with E-state index in [0.717, 1.165) is 24.2 Å². The lowest BCUT2D eigenvalue weighted by molar-refractivity contribution is -0.135. The number of benzene rings is 1. The van der Waals surface area contributed by atoms with Crippen molar-refractivity contribution in [3.05, 3.63) is 23.8 Å². The highest BCUT2D eigenvalue weighted by molar-refractivity contribution is 6.09. The highest BCUT2D eigenvalue weighted by Crippen LogP contribution is 2.37. The van der Waals surface area contributed by atoms with Gasteiger partial charge < -0.3 is 20.1 Å². The summed E-state index contributed by atoms with van der Waals surface area (Å²) in [5, 5.41) is 14.9. The molecule has 3 aliphatic rings. The zero-order valence-electron chi connectivity index (χ0n) is 16.1. The molecule has 1 aliphatic carbocycles. The third kappa shape index (κ3) is 3.24. The number of nitriles is 1. The second-order valence-electron chi connectivity index (χ2n) is 7.82. The molecule has 0 spiro atoms. The van der Waals surface area contributed by atoms with E-state index in [0.29, 0.717) is 29.9 Å². The predicted octanol–water partition coefficient (Wildman–Crippen LogP) is 1.52. The summed E-state index contributed by atoms with van der Waals surface area (Å²) in [5.74, 6) is 0.00733. The maximum Gasteiger partial charge on any atom is 0.325 e. The predicted molar refractivity (Wildman–Crippen MR) is 99.7 cm³/mol. The number of nitrogens with one attached hydrogen (secondary N) is 2. The first-order chi connectivity index (χ1) is 13.9. The van der Waals surface area contributed by atoms with Crippen LogP contribution in [0.15, 0.2) is 18.2 Å². The minimum atomic E-state index is -1.32. The van der Waals surface area contributed by atoms with Crippen LogP contribution >= 0.6 is 0 Å². The molecule has 0 unspecified atom stereocenters. The van der Waals surface area contributed by atoms with Crippen molar-refractivity contribution < 1.29 is 23.9 Å². The second kappa shape index (κ2) is 6.95. The van der Waals surface area contributed by atoms with E-state index in [-0.39, 0.29) is 6.79 Å². The summed E-state index contributed by atoms with van der Waals surface area (Å²) in [5.41, 5.74) is -1.71. The molecule has 4 rings (SSSR count). The lowest BCUT2D eigenvalue weighted by Gasteiger charge is -2.32. The summed E-state index contributed by atoms with van der Waals surface area (Å²) in [4.78, 5) is 39.0. The smallest absolute Gasteiger partial charge is 0.325 e. The molecule has 0 aromatic heterocycles. The Morgan fingerprint density at radius 3 is 2.69 bits per heavy atom. The van der Waals surface area contributed by atoms with E-state index in [1.54, 1.807) is 25.1 Å². The van der Waals surface area contributed by atoms with Gasteiger partial charge in [-0.3, -0.25) is 14.5 Å². The Labute approximate surface area is 167 Å². The van der Waals surface area contributed by atoms with Crippen molar-refractivity contribution >= 4 is 17.8 Å². The molecule has 2 N–H and O–H groups in total. The first kappa shape index (κ1) is 19.1. The average Bonchev–Trinajstić information content (AvgIpc) is 3.27. The number of hydrogen-bond donors (Lipinski definition) is 2. The first-order valence-electron chi connectivity index (χ1n) is 9.63. The number of hydrogen-bond acceptors (Lipinski definition) is 6. The van der Waals surface area contributed by atoms with Gasteiger partial charge in [0, 0.05) is 0 Å².